The average Bonchev–Trinajstić information content (AvgIpc) is 2.64. The molecule has 0 saturated carbocycles. The van der Waals surface area contributed by atoms with E-state index >= 15 is 0 Å². The number of hydrogen-bond donors (Lipinski definition) is 2. The van der Waals surface area contributed by atoms with Gasteiger partial charge in [0.1, 0.15) is 24.7 Å². The van der Waals surface area contributed by atoms with Gasteiger partial charge in [-0.15, -0.1) is 0 Å². The van der Waals surface area contributed by atoms with Gasteiger partial charge in [-0.1, -0.05) is 31.4 Å². The summed E-state index contributed by atoms with van der Waals surface area (Å²) >= 11 is 0. The number of nitrogens with one attached hydrogen (secondary N) is 2. The number of hydrogen-bond acceptors (Lipinski definition) is 4. The van der Waals surface area contributed by atoms with Crippen LogP contribution in [0.4, 0.5) is 11.4 Å². The first-order chi connectivity index (χ1) is 12.9. The van der Waals surface area contributed by atoms with Crippen molar-refractivity contribution in [3.05, 3.63) is 72.8 Å². The number of carbonyl (C=O) groups is 1. The lowest BCUT2D eigenvalue weighted by atomic mass is 10.2. The first-order valence-electron chi connectivity index (χ1n) is 8.71. The highest BCUT2D eigenvalue weighted by atomic mass is 16.5. The van der Waals surface area contributed by atoms with Gasteiger partial charge in [-0.05, 0) is 49.3 Å². The fraction of sp³-hybridized carbons (Fsp3) is 0.227. The van der Waals surface area contributed by atoms with E-state index in [0.717, 1.165) is 22.6 Å². The molecule has 0 unspecified atom stereocenters. The molecule has 0 spiro atoms. The smallest absolute Gasteiger partial charge is 0.243 e. The number of carbonyl (C=O) groups excluding carboxylic acids is 1. The molecule has 0 fully saturated rings. The molecule has 142 valence electrons. The molecular formula is C22H26N2O3. The average molecular weight is 366 g/mol. The molecule has 5 nitrogen and oxygen atoms in total. The number of ether oxygens (including phenoxy) is 2. The topological polar surface area (TPSA) is 59.6 Å². The van der Waals surface area contributed by atoms with Crippen LogP contribution >= 0.6 is 0 Å². The first kappa shape index (κ1) is 20.1. The molecule has 2 aromatic carbocycles. The summed E-state index contributed by atoms with van der Waals surface area (Å²) in [6, 6.07) is 14.8. The van der Waals surface area contributed by atoms with Gasteiger partial charge in [-0.25, -0.2) is 0 Å². The summed E-state index contributed by atoms with van der Waals surface area (Å²) in [7, 11) is 0. The predicted octanol–water partition coefficient (Wildman–Crippen LogP) is 4.65. The van der Waals surface area contributed by atoms with Gasteiger partial charge in [0.25, 0.3) is 0 Å². The van der Waals surface area contributed by atoms with E-state index in [2.05, 4.69) is 23.8 Å². The zero-order valence-electron chi connectivity index (χ0n) is 15.9. The second kappa shape index (κ2) is 10.1. The molecular weight excluding hydrogens is 340 g/mol. The lowest BCUT2D eigenvalue weighted by molar-refractivity contribution is -0.114. The molecule has 2 N–H and O–H groups in total. The number of rotatable bonds is 10. The zero-order valence-corrected chi connectivity index (χ0v) is 15.9. The van der Waals surface area contributed by atoms with Crippen molar-refractivity contribution < 1.29 is 14.3 Å². The normalized spacial score (nSPS) is 10.0. The maximum absolute atomic E-state index is 12.3. The maximum Gasteiger partial charge on any atom is 0.243 e. The number of anilines is 2. The van der Waals surface area contributed by atoms with Crippen LogP contribution in [0.2, 0.25) is 0 Å². The van der Waals surface area contributed by atoms with Gasteiger partial charge in [0.2, 0.25) is 5.91 Å². The molecule has 0 radical (unpaired) electrons. The summed E-state index contributed by atoms with van der Waals surface area (Å²) in [6.07, 6.45) is 0. The van der Waals surface area contributed by atoms with Crippen LogP contribution in [0.1, 0.15) is 13.8 Å². The van der Waals surface area contributed by atoms with Crippen molar-refractivity contribution >= 4 is 17.3 Å². The number of para-hydroxylation sites is 2. The molecule has 0 aliphatic carbocycles. The molecule has 0 heterocycles. The minimum absolute atomic E-state index is 0.124. The molecule has 0 saturated heterocycles. The molecule has 27 heavy (non-hydrogen) atoms. The van der Waals surface area contributed by atoms with Crippen LogP contribution in [0, 0.1) is 0 Å². The summed E-state index contributed by atoms with van der Waals surface area (Å²) in [6.45, 7) is 12.4. The van der Waals surface area contributed by atoms with Gasteiger partial charge in [-0.2, -0.15) is 0 Å². The van der Waals surface area contributed by atoms with E-state index in [9.17, 15) is 4.79 Å². The Bertz CT molecular complexity index is 815. The number of amides is 1. The Balaban J connectivity index is 1.90. The Labute approximate surface area is 160 Å². The fourth-order valence-electron chi connectivity index (χ4n) is 2.18. The van der Waals surface area contributed by atoms with Crippen LogP contribution in [0.3, 0.4) is 0 Å². The SMILES string of the molecule is C=C(C)COc1cccc(NCC(=O)Nc2ccccc2OCC(=C)C)c1. The summed E-state index contributed by atoms with van der Waals surface area (Å²) in [4.78, 5) is 12.3. The maximum atomic E-state index is 12.3. The zero-order chi connectivity index (χ0) is 19.6. The standard InChI is InChI=1S/C22H26N2O3/c1-16(2)14-26-19-9-7-8-18(12-19)23-13-22(25)24-20-10-5-6-11-21(20)27-15-17(3)4/h5-12,23H,1,3,13-15H2,2,4H3,(H,24,25). The second-order valence-electron chi connectivity index (χ2n) is 6.42. The second-order valence-corrected chi connectivity index (χ2v) is 6.42. The molecule has 0 bridgehead atoms. The van der Waals surface area contributed by atoms with Crippen molar-refractivity contribution in [3.63, 3.8) is 0 Å². The third-order valence-corrected chi connectivity index (χ3v) is 3.41. The van der Waals surface area contributed by atoms with Crippen LogP contribution in [0.5, 0.6) is 11.5 Å². The highest BCUT2D eigenvalue weighted by molar-refractivity contribution is 5.95. The minimum atomic E-state index is -0.172. The summed E-state index contributed by atoms with van der Waals surface area (Å²) in [5.74, 6) is 1.17. The Morgan fingerprint density at radius 3 is 2.41 bits per heavy atom. The predicted molar refractivity (Wildman–Crippen MR) is 111 cm³/mol. The van der Waals surface area contributed by atoms with Gasteiger partial charge in [0.15, 0.2) is 0 Å². The largest absolute Gasteiger partial charge is 0.489 e. The van der Waals surface area contributed by atoms with Crippen LogP contribution in [-0.4, -0.2) is 25.7 Å². The Hall–Kier alpha value is -3.21. The molecule has 5 heteroatoms. The summed E-state index contributed by atoms with van der Waals surface area (Å²) in [5, 5.41) is 5.95. The third-order valence-electron chi connectivity index (χ3n) is 3.41. The van der Waals surface area contributed by atoms with E-state index in [1.165, 1.54) is 0 Å². The van der Waals surface area contributed by atoms with E-state index < -0.39 is 0 Å². The van der Waals surface area contributed by atoms with E-state index in [4.69, 9.17) is 9.47 Å². The molecule has 0 aliphatic rings. The highest BCUT2D eigenvalue weighted by Gasteiger charge is 2.08. The first-order valence-corrected chi connectivity index (χ1v) is 8.71. The van der Waals surface area contributed by atoms with Gasteiger partial charge >= 0.3 is 0 Å². The summed E-state index contributed by atoms with van der Waals surface area (Å²) < 4.78 is 11.3. The molecule has 2 rings (SSSR count). The van der Waals surface area contributed by atoms with Gasteiger partial charge in [0.05, 0.1) is 12.2 Å². The quantitative estimate of drug-likeness (QED) is 0.601. The van der Waals surface area contributed by atoms with Crippen molar-refractivity contribution in [2.24, 2.45) is 0 Å². The van der Waals surface area contributed by atoms with E-state index in [0.29, 0.717) is 24.7 Å². The number of benzene rings is 2. The van der Waals surface area contributed by atoms with E-state index in [-0.39, 0.29) is 12.5 Å². The van der Waals surface area contributed by atoms with Crippen molar-refractivity contribution in [1.29, 1.82) is 0 Å². The molecule has 1 amide bonds. The molecule has 0 aliphatic heterocycles. The molecule has 2 aromatic rings. The van der Waals surface area contributed by atoms with Crippen LogP contribution < -0.4 is 20.1 Å². The fourth-order valence-corrected chi connectivity index (χ4v) is 2.18. The van der Waals surface area contributed by atoms with Gasteiger partial charge < -0.3 is 20.1 Å². The van der Waals surface area contributed by atoms with Gasteiger partial charge in [0, 0.05) is 11.8 Å². The Morgan fingerprint density at radius 2 is 1.67 bits per heavy atom. The van der Waals surface area contributed by atoms with Crippen LogP contribution in [-0.2, 0) is 4.79 Å². The monoisotopic (exact) mass is 366 g/mol. The van der Waals surface area contributed by atoms with E-state index in [1.54, 1.807) is 6.07 Å². The molecule has 0 atom stereocenters. The van der Waals surface area contributed by atoms with Crippen LogP contribution in [0.15, 0.2) is 72.8 Å². The lowest BCUT2D eigenvalue weighted by Crippen LogP contribution is -2.22. The van der Waals surface area contributed by atoms with Crippen molar-refractivity contribution in [3.8, 4) is 11.5 Å². The minimum Gasteiger partial charge on any atom is -0.489 e. The van der Waals surface area contributed by atoms with E-state index in [1.807, 2.05) is 56.3 Å². The highest BCUT2D eigenvalue weighted by Crippen LogP contribution is 2.24. The summed E-state index contributed by atoms with van der Waals surface area (Å²) in [5.41, 5.74) is 3.28. The van der Waals surface area contributed by atoms with Crippen molar-refractivity contribution in [2.75, 3.05) is 30.4 Å². The molecule has 0 aromatic heterocycles. The Morgan fingerprint density at radius 1 is 0.963 bits per heavy atom. The van der Waals surface area contributed by atoms with Crippen LogP contribution in [0.25, 0.3) is 0 Å². The van der Waals surface area contributed by atoms with Gasteiger partial charge in [-0.3, -0.25) is 4.79 Å². The van der Waals surface area contributed by atoms with Crippen molar-refractivity contribution in [1.82, 2.24) is 0 Å². The lowest BCUT2D eigenvalue weighted by Gasteiger charge is -2.13. The third kappa shape index (κ3) is 7.28. The Kier molecular flexibility index (Phi) is 7.49. The van der Waals surface area contributed by atoms with Crippen molar-refractivity contribution in [2.45, 2.75) is 13.8 Å².